The molecule has 4 rings (SSSR count). The summed E-state index contributed by atoms with van der Waals surface area (Å²) in [7, 11) is 0. The lowest BCUT2D eigenvalue weighted by molar-refractivity contribution is -0.117. The minimum absolute atomic E-state index is 0.263. The molecule has 0 saturated heterocycles. The largest absolute Gasteiger partial charge is 0.431 e. The van der Waals surface area contributed by atoms with Crippen LogP contribution < -0.4 is 10.3 Å². The standard InChI is InChI=1S/C18H14N4O3S/c1-11(23)19-16-15(17(24)22(21-16)12-7-3-2-4-8-12)26-18-20-13-9-5-6-10-14(13)25-18/h2-10,15H,1H3,(H,19,21,23)/t15-/m0/s1. The van der Waals surface area contributed by atoms with Crippen LogP contribution in [0.25, 0.3) is 11.1 Å². The van der Waals surface area contributed by atoms with Gasteiger partial charge in [-0.3, -0.25) is 9.59 Å². The fourth-order valence-corrected chi connectivity index (χ4v) is 3.48. The van der Waals surface area contributed by atoms with Crippen molar-refractivity contribution in [3.63, 3.8) is 0 Å². The first-order valence-corrected chi connectivity index (χ1v) is 8.77. The number of hydrazone groups is 1. The summed E-state index contributed by atoms with van der Waals surface area (Å²) in [5, 5.41) is 7.81. The molecule has 2 heterocycles. The summed E-state index contributed by atoms with van der Waals surface area (Å²) in [6, 6.07) is 16.4. The Labute approximate surface area is 153 Å². The van der Waals surface area contributed by atoms with Crippen molar-refractivity contribution in [2.45, 2.75) is 17.4 Å². The van der Waals surface area contributed by atoms with Crippen LogP contribution in [0.3, 0.4) is 0 Å². The summed E-state index contributed by atoms with van der Waals surface area (Å²) in [4.78, 5) is 28.8. The molecule has 0 saturated carbocycles. The lowest BCUT2D eigenvalue weighted by atomic mass is 10.3. The van der Waals surface area contributed by atoms with Crippen molar-refractivity contribution in [1.29, 1.82) is 0 Å². The highest BCUT2D eigenvalue weighted by molar-refractivity contribution is 8.01. The zero-order chi connectivity index (χ0) is 18.1. The molecule has 1 aliphatic heterocycles. The van der Waals surface area contributed by atoms with Gasteiger partial charge in [0, 0.05) is 6.92 Å². The molecule has 1 atom stereocenters. The summed E-state index contributed by atoms with van der Waals surface area (Å²) in [5.74, 6) is -0.305. The topological polar surface area (TPSA) is 87.8 Å². The Morgan fingerprint density at radius 3 is 2.62 bits per heavy atom. The minimum Gasteiger partial charge on any atom is -0.431 e. The Bertz CT molecular complexity index is 982. The molecule has 0 aliphatic carbocycles. The summed E-state index contributed by atoms with van der Waals surface area (Å²) >= 11 is 1.12. The number of aromatic nitrogens is 1. The molecule has 7 nitrogen and oxygen atoms in total. The maximum Gasteiger partial charge on any atom is 0.268 e. The average Bonchev–Trinajstić information content (AvgIpc) is 3.18. The fourth-order valence-electron chi connectivity index (χ4n) is 2.57. The number of hydrogen-bond donors (Lipinski definition) is 1. The summed E-state index contributed by atoms with van der Waals surface area (Å²) in [6.45, 7) is 1.37. The highest BCUT2D eigenvalue weighted by Gasteiger charge is 2.39. The first kappa shape index (κ1) is 16.3. The van der Waals surface area contributed by atoms with Crippen LogP contribution in [-0.4, -0.2) is 27.9 Å². The lowest BCUT2D eigenvalue weighted by Crippen LogP contribution is -2.37. The second-order valence-corrected chi connectivity index (χ2v) is 6.65. The van der Waals surface area contributed by atoms with E-state index < -0.39 is 5.25 Å². The third kappa shape index (κ3) is 3.06. The molecule has 2 aromatic carbocycles. The summed E-state index contributed by atoms with van der Waals surface area (Å²) in [5.41, 5.74) is 1.97. The van der Waals surface area contributed by atoms with Gasteiger partial charge in [-0.1, -0.05) is 30.3 Å². The Hall–Kier alpha value is -3.13. The molecule has 130 valence electrons. The molecule has 2 amide bonds. The number of carbonyl (C=O) groups excluding carboxylic acids is 2. The van der Waals surface area contributed by atoms with Gasteiger partial charge >= 0.3 is 0 Å². The Morgan fingerprint density at radius 2 is 1.88 bits per heavy atom. The number of amides is 2. The second kappa shape index (κ2) is 6.64. The van der Waals surface area contributed by atoms with Crippen LogP contribution in [0.4, 0.5) is 5.69 Å². The van der Waals surface area contributed by atoms with Crippen LogP contribution in [-0.2, 0) is 9.59 Å². The van der Waals surface area contributed by atoms with Crippen LogP contribution in [0.2, 0.25) is 0 Å². The van der Waals surface area contributed by atoms with E-state index in [2.05, 4.69) is 15.4 Å². The van der Waals surface area contributed by atoms with Crippen molar-refractivity contribution in [2.24, 2.45) is 5.10 Å². The number of benzene rings is 2. The number of para-hydroxylation sites is 3. The van der Waals surface area contributed by atoms with Crippen molar-refractivity contribution in [3.8, 4) is 0 Å². The maximum atomic E-state index is 12.9. The number of carbonyl (C=O) groups is 2. The van der Waals surface area contributed by atoms with Crippen molar-refractivity contribution in [2.75, 3.05) is 5.01 Å². The molecule has 26 heavy (non-hydrogen) atoms. The van der Waals surface area contributed by atoms with E-state index in [9.17, 15) is 9.59 Å². The first-order chi connectivity index (χ1) is 12.6. The number of nitrogens with zero attached hydrogens (tertiary/aromatic N) is 3. The van der Waals surface area contributed by atoms with Gasteiger partial charge in [-0.25, -0.2) is 4.98 Å². The number of hydrogen-bond acceptors (Lipinski definition) is 6. The zero-order valence-corrected chi connectivity index (χ0v) is 14.6. The predicted octanol–water partition coefficient (Wildman–Crippen LogP) is 2.78. The van der Waals surface area contributed by atoms with Crippen LogP contribution in [0.15, 0.2) is 69.3 Å². The second-order valence-electron chi connectivity index (χ2n) is 5.60. The Balaban J connectivity index is 1.65. The molecule has 0 fully saturated rings. The average molecular weight is 366 g/mol. The highest BCUT2D eigenvalue weighted by Crippen LogP contribution is 2.32. The number of thioether (sulfide) groups is 1. The lowest BCUT2D eigenvalue weighted by Gasteiger charge is -2.12. The minimum atomic E-state index is -0.743. The normalized spacial score (nSPS) is 16.8. The molecule has 8 heteroatoms. The molecule has 0 radical (unpaired) electrons. The molecule has 0 bridgehead atoms. The Morgan fingerprint density at radius 1 is 1.15 bits per heavy atom. The molecule has 1 aromatic heterocycles. The van der Waals surface area contributed by atoms with Crippen molar-refractivity contribution < 1.29 is 14.0 Å². The van der Waals surface area contributed by atoms with Gasteiger partial charge in [0.1, 0.15) is 5.52 Å². The number of oxazole rings is 1. The van der Waals surface area contributed by atoms with E-state index >= 15 is 0 Å². The van der Waals surface area contributed by atoms with Crippen LogP contribution in [0.1, 0.15) is 6.92 Å². The van der Waals surface area contributed by atoms with E-state index in [0.717, 1.165) is 11.8 Å². The molecule has 3 aromatic rings. The number of nitrogens with one attached hydrogen (secondary N) is 1. The van der Waals surface area contributed by atoms with Crippen molar-refractivity contribution in [1.82, 2.24) is 10.3 Å². The van der Waals surface area contributed by atoms with Gasteiger partial charge in [0.25, 0.3) is 11.1 Å². The third-order valence-electron chi connectivity index (χ3n) is 3.69. The highest BCUT2D eigenvalue weighted by atomic mass is 32.2. The van der Waals surface area contributed by atoms with E-state index in [1.54, 1.807) is 12.1 Å². The van der Waals surface area contributed by atoms with E-state index in [-0.39, 0.29) is 17.6 Å². The first-order valence-electron chi connectivity index (χ1n) is 7.89. The van der Waals surface area contributed by atoms with E-state index in [0.29, 0.717) is 22.0 Å². The van der Waals surface area contributed by atoms with Gasteiger partial charge in [0.2, 0.25) is 5.91 Å². The molecular formula is C18H14N4O3S. The van der Waals surface area contributed by atoms with Crippen LogP contribution >= 0.6 is 11.8 Å². The molecule has 1 aliphatic rings. The SMILES string of the molecule is CC(=O)NC1=NN(c2ccccc2)C(=O)[C@H]1Sc1nc2ccccc2o1. The quantitative estimate of drug-likeness (QED) is 0.770. The van der Waals surface area contributed by atoms with Gasteiger partial charge in [-0.05, 0) is 36.0 Å². The molecular weight excluding hydrogens is 352 g/mol. The van der Waals surface area contributed by atoms with Crippen molar-refractivity contribution >= 4 is 46.2 Å². The molecule has 1 N–H and O–H groups in total. The predicted molar refractivity (Wildman–Crippen MR) is 98.8 cm³/mol. The number of anilines is 1. The van der Waals surface area contributed by atoms with Gasteiger partial charge in [0.05, 0.1) is 5.69 Å². The van der Waals surface area contributed by atoms with E-state index in [4.69, 9.17) is 4.42 Å². The maximum absolute atomic E-state index is 12.9. The van der Waals surface area contributed by atoms with E-state index in [1.165, 1.54) is 11.9 Å². The monoisotopic (exact) mass is 366 g/mol. The number of rotatable bonds is 3. The fraction of sp³-hybridized carbons (Fsp3) is 0.111. The van der Waals surface area contributed by atoms with Gasteiger partial charge in [-0.15, -0.1) is 5.10 Å². The number of fused-ring (bicyclic) bond motifs is 1. The van der Waals surface area contributed by atoms with Gasteiger partial charge in [-0.2, -0.15) is 5.01 Å². The van der Waals surface area contributed by atoms with Crippen LogP contribution in [0, 0.1) is 0 Å². The molecule has 0 unspecified atom stereocenters. The number of amidine groups is 1. The van der Waals surface area contributed by atoms with Gasteiger partial charge < -0.3 is 9.73 Å². The third-order valence-corrected chi connectivity index (χ3v) is 4.72. The van der Waals surface area contributed by atoms with E-state index in [1.807, 2.05) is 42.5 Å². The van der Waals surface area contributed by atoms with Gasteiger partial charge in [0.15, 0.2) is 16.7 Å². The van der Waals surface area contributed by atoms with Crippen LogP contribution in [0.5, 0.6) is 0 Å². The van der Waals surface area contributed by atoms with Crippen molar-refractivity contribution in [3.05, 3.63) is 54.6 Å². The summed E-state index contributed by atoms with van der Waals surface area (Å²) < 4.78 is 5.69. The zero-order valence-electron chi connectivity index (χ0n) is 13.7. The smallest absolute Gasteiger partial charge is 0.268 e. The molecule has 0 spiro atoms. The Kier molecular flexibility index (Phi) is 4.18. The summed E-state index contributed by atoms with van der Waals surface area (Å²) in [6.07, 6.45) is 0.